The number of likely N-dealkylation sites (tertiary alicyclic amines) is 1. The Morgan fingerprint density at radius 1 is 1.33 bits per heavy atom. The normalized spacial score (nSPS) is 20.3. The second-order valence-electron chi connectivity index (χ2n) is 7.05. The topological polar surface area (TPSA) is 74.2 Å². The molecule has 0 aromatic carbocycles. The molecule has 4 rings (SSSR count). The van der Waals surface area contributed by atoms with Crippen LogP contribution in [0.3, 0.4) is 0 Å². The molecular weight excluding hydrogens is 304 g/mol. The van der Waals surface area contributed by atoms with Crippen molar-refractivity contribution < 1.29 is 9.90 Å². The van der Waals surface area contributed by atoms with Crippen LogP contribution in [-0.2, 0) is 7.05 Å². The van der Waals surface area contributed by atoms with Crippen molar-refractivity contribution >= 4 is 5.91 Å². The molecule has 1 atom stereocenters. The van der Waals surface area contributed by atoms with E-state index in [4.69, 9.17) is 0 Å². The van der Waals surface area contributed by atoms with Crippen molar-refractivity contribution in [3.8, 4) is 0 Å². The number of carbonyl (C=O) groups excluding carboxylic acids is 1. The second kappa shape index (κ2) is 6.09. The van der Waals surface area contributed by atoms with Crippen molar-refractivity contribution in [3.05, 3.63) is 41.7 Å². The Kier molecular flexibility index (Phi) is 3.92. The molecule has 2 fully saturated rings. The fraction of sp³-hybridized carbons (Fsp3) is 0.556. The van der Waals surface area contributed by atoms with Crippen molar-refractivity contribution in [2.45, 2.75) is 37.7 Å². The number of H-pyrrole nitrogens is 1. The maximum absolute atomic E-state index is 12.8. The molecule has 1 amide bonds. The molecule has 128 valence electrons. The van der Waals surface area contributed by atoms with E-state index in [2.05, 4.69) is 9.97 Å². The van der Waals surface area contributed by atoms with Gasteiger partial charge in [0.25, 0.3) is 5.91 Å². The van der Waals surface area contributed by atoms with E-state index in [0.29, 0.717) is 24.8 Å². The number of aliphatic hydroxyl groups excluding tert-OH is 1. The van der Waals surface area contributed by atoms with Crippen molar-refractivity contribution in [3.63, 3.8) is 0 Å². The highest BCUT2D eigenvalue weighted by molar-refractivity contribution is 5.95. The summed E-state index contributed by atoms with van der Waals surface area (Å²) in [6.07, 6.45) is 8.85. The second-order valence-corrected chi connectivity index (χ2v) is 7.05. The summed E-state index contributed by atoms with van der Waals surface area (Å²) >= 11 is 0. The SMILES string of the molecule is Cn1ccnc1C(O)C1CCN(C(=O)c2cc[nH]c2C2CC2)CC1. The van der Waals surface area contributed by atoms with Crippen molar-refractivity contribution in [2.75, 3.05) is 13.1 Å². The number of carbonyl (C=O) groups is 1. The lowest BCUT2D eigenvalue weighted by atomic mass is 9.90. The van der Waals surface area contributed by atoms with E-state index < -0.39 is 6.10 Å². The van der Waals surface area contributed by atoms with Crippen LogP contribution in [0.5, 0.6) is 0 Å². The number of aliphatic hydroxyl groups is 1. The molecule has 6 nitrogen and oxygen atoms in total. The summed E-state index contributed by atoms with van der Waals surface area (Å²) in [7, 11) is 1.90. The van der Waals surface area contributed by atoms with Crippen LogP contribution in [-0.4, -0.2) is 43.5 Å². The van der Waals surface area contributed by atoms with Gasteiger partial charge >= 0.3 is 0 Å². The summed E-state index contributed by atoms with van der Waals surface area (Å²) in [6, 6.07) is 1.91. The number of aromatic amines is 1. The molecule has 2 aliphatic rings. The van der Waals surface area contributed by atoms with Crippen LogP contribution in [0, 0.1) is 5.92 Å². The number of aromatic nitrogens is 3. The number of amides is 1. The molecule has 1 unspecified atom stereocenters. The Balaban J connectivity index is 1.40. The van der Waals surface area contributed by atoms with Gasteiger partial charge in [0, 0.05) is 44.4 Å². The zero-order valence-electron chi connectivity index (χ0n) is 14.0. The van der Waals surface area contributed by atoms with E-state index in [1.165, 1.54) is 12.8 Å². The molecular formula is C18H24N4O2. The lowest BCUT2D eigenvalue weighted by Crippen LogP contribution is -2.40. The number of rotatable bonds is 4. The van der Waals surface area contributed by atoms with E-state index in [1.54, 1.807) is 6.20 Å². The fourth-order valence-corrected chi connectivity index (χ4v) is 3.74. The van der Waals surface area contributed by atoms with Crippen LogP contribution >= 0.6 is 0 Å². The average Bonchev–Trinajstić information content (AvgIpc) is 3.17. The minimum atomic E-state index is -0.559. The lowest BCUT2D eigenvalue weighted by Gasteiger charge is -2.34. The van der Waals surface area contributed by atoms with Crippen LogP contribution in [0.25, 0.3) is 0 Å². The van der Waals surface area contributed by atoms with E-state index in [0.717, 1.165) is 24.1 Å². The van der Waals surface area contributed by atoms with Crippen LogP contribution < -0.4 is 0 Å². The standard InChI is InChI=1S/C18H24N4O2/c1-21-11-8-20-17(21)16(23)13-5-9-22(10-6-13)18(24)14-4-7-19-15(14)12-2-3-12/h4,7-8,11-13,16,19,23H,2-3,5-6,9-10H2,1H3. The van der Waals surface area contributed by atoms with Gasteiger partial charge in [-0.3, -0.25) is 4.79 Å². The Labute approximate surface area is 141 Å². The van der Waals surface area contributed by atoms with Gasteiger partial charge in [0.1, 0.15) is 11.9 Å². The van der Waals surface area contributed by atoms with Crippen LogP contribution in [0.4, 0.5) is 0 Å². The average molecular weight is 328 g/mol. The molecule has 0 bridgehead atoms. The molecule has 1 saturated carbocycles. The number of nitrogens with zero attached hydrogens (tertiary/aromatic N) is 3. The van der Waals surface area contributed by atoms with E-state index in [-0.39, 0.29) is 11.8 Å². The third kappa shape index (κ3) is 2.75. The first-order valence-corrected chi connectivity index (χ1v) is 8.77. The van der Waals surface area contributed by atoms with Gasteiger partial charge in [0.15, 0.2) is 0 Å². The van der Waals surface area contributed by atoms with Crippen LogP contribution in [0.2, 0.25) is 0 Å². The van der Waals surface area contributed by atoms with E-state index in [9.17, 15) is 9.90 Å². The zero-order chi connectivity index (χ0) is 16.7. The third-order valence-corrected chi connectivity index (χ3v) is 5.39. The van der Waals surface area contributed by atoms with Gasteiger partial charge < -0.3 is 19.6 Å². The number of piperidine rings is 1. The van der Waals surface area contributed by atoms with Gasteiger partial charge in [0.05, 0.1) is 5.56 Å². The number of nitrogens with one attached hydrogen (secondary N) is 1. The molecule has 0 spiro atoms. The highest BCUT2D eigenvalue weighted by Gasteiger charge is 2.33. The molecule has 2 aromatic heterocycles. The Morgan fingerprint density at radius 3 is 2.71 bits per heavy atom. The maximum atomic E-state index is 12.8. The van der Waals surface area contributed by atoms with Gasteiger partial charge in [-0.05, 0) is 43.6 Å². The molecule has 2 N–H and O–H groups in total. The summed E-state index contributed by atoms with van der Waals surface area (Å²) in [5.74, 6) is 1.54. The summed E-state index contributed by atoms with van der Waals surface area (Å²) in [4.78, 5) is 22.2. The predicted molar refractivity (Wildman–Crippen MR) is 89.6 cm³/mol. The number of hydrogen-bond acceptors (Lipinski definition) is 3. The number of hydrogen-bond donors (Lipinski definition) is 2. The number of aryl methyl sites for hydroxylation is 1. The Hall–Kier alpha value is -2.08. The zero-order valence-corrected chi connectivity index (χ0v) is 14.0. The Bertz CT molecular complexity index is 723. The van der Waals surface area contributed by atoms with Crippen molar-refractivity contribution in [1.29, 1.82) is 0 Å². The van der Waals surface area contributed by atoms with E-state index >= 15 is 0 Å². The van der Waals surface area contributed by atoms with Crippen molar-refractivity contribution in [1.82, 2.24) is 19.4 Å². The molecule has 0 radical (unpaired) electrons. The highest BCUT2D eigenvalue weighted by atomic mass is 16.3. The smallest absolute Gasteiger partial charge is 0.255 e. The predicted octanol–water partition coefficient (Wildman–Crippen LogP) is 2.21. The van der Waals surface area contributed by atoms with Gasteiger partial charge in [-0.2, -0.15) is 0 Å². The lowest BCUT2D eigenvalue weighted by molar-refractivity contribution is 0.0419. The summed E-state index contributed by atoms with van der Waals surface area (Å²) in [5, 5.41) is 10.6. The first kappa shape index (κ1) is 15.4. The van der Waals surface area contributed by atoms with Gasteiger partial charge in [-0.25, -0.2) is 4.98 Å². The monoisotopic (exact) mass is 328 g/mol. The summed E-state index contributed by atoms with van der Waals surface area (Å²) in [6.45, 7) is 1.39. The molecule has 3 heterocycles. The molecule has 24 heavy (non-hydrogen) atoms. The van der Waals surface area contributed by atoms with Crippen LogP contribution in [0.1, 0.15) is 59.6 Å². The first-order valence-electron chi connectivity index (χ1n) is 8.77. The van der Waals surface area contributed by atoms with Crippen LogP contribution in [0.15, 0.2) is 24.7 Å². The fourth-order valence-electron chi connectivity index (χ4n) is 3.74. The third-order valence-electron chi connectivity index (χ3n) is 5.39. The van der Waals surface area contributed by atoms with Crippen molar-refractivity contribution in [2.24, 2.45) is 13.0 Å². The maximum Gasteiger partial charge on any atom is 0.255 e. The molecule has 1 saturated heterocycles. The number of imidazole rings is 1. The largest absolute Gasteiger partial charge is 0.385 e. The van der Waals surface area contributed by atoms with Gasteiger partial charge in [-0.1, -0.05) is 0 Å². The van der Waals surface area contributed by atoms with E-state index in [1.807, 2.05) is 35.0 Å². The minimum absolute atomic E-state index is 0.128. The highest BCUT2D eigenvalue weighted by Crippen LogP contribution is 2.41. The van der Waals surface area contributed by atoms with Gasteiger partial charge in [-0.15, -0.1) is 0 Å². The van der Waals surface area contributed by atoms with Gasteiger partial charge in [0.2, 0.25) is 0 Å². The molecule has 1 aliphatic carbocycles. The summed E-state index contributed by atoms with van der Waals surface area (Å²) < 4.78 is 1.86. The Morgan fingerprint density at radius 2 is 2.08 bits per heavy atom. The molecule has 6 heteroatoms. The minimum Gasteiger partial charge on any atom is -0.385 e. The molecule has 2 aromatic rings. The summed E-state index contributed by atoms with van der Waals surface area (Å²) in [5.41, 5.74) is 1.94. The molecule has 1 aliphatic heterocycles. The quantitative estimate of drug-likeness (QED) is 0.904. The first-order chi connectivity index (χ1) is 11.6.